The van der Waals surface area contributed by atoms with Crippen LogP contribution in [0.15, 0.2) is 77.8 Å². The fraction of sp³-hybridized carbons (Fsp3) is 0.300. The van der Waals surface area contributed by atoms with Crippen LogP contribution in [0.25, 0.3) is 0 Å². The lowest BCUT2D eigenvalue weighted by molar-refractivity contribution is -0.392. The maximum Gasteiger partial charge on any atom is 0.430 e. The van der Waals surface area contributed by atoms with Gasteiger partial charge < -0.3 is 4.74 Å². The molecular formula is C30H23F9N2O3S. The molecule has 0 saturated heterocycles. The van der Waals surface area contributed by atoms with Gasteiger partial charge in [0.25, 0.3) is 5.60 Å². The molecule has 5 rings (SSSR count). The number of halogens is 9. The first-order chi connectivity index (χ1) is 20.9. The van der Waals surface area contributed by atoms with E-state index in [2.05, 4.69) is 9.84 Å². The van der Waals surface area contributed by atoms with Gasteiger partial charge in [-0.25, -0.2) is 21.6 Å². The number of alkyl halides is 6. The average Bonchev–Trinajstić information content (AvgIpc) is 3.32. The third kappa shape index (κ3) is 5.39. The molecule has 1 heterocycles. The summed E-state index contributed by atoms with van der Waals surface area (Å²) in [6, 6.07) is 8.59. The highest BCUT2D eigenvalue weighted by Gasteiger charge is 2.73. The Morgan fingerprint density at radius 3 is 2.00 bits per heavy atom. The highest BCUT2D eigenvalue weighted by Crippen LogP contribution is 2.54. The molecule has 45 heavy (non-hydrogen) atoms. The van der Waals surface area contributed by atoms with Gasteiger partial charge in [0.15, 0.2) is 9.84 Å². The summed E-state index contributed by atoms with van der Waals surface area (Å²) < 4.78 is 161. The summed E-state index contributed by atoms with van der Waals surface area (Å²) in [7, 11) is -2.85. The number of nitrogens with zero attached hydrogens (tertiary/aromatic N) is 2. The quantitative estimate of drug-likeness (QED) is 0.155. The van der Waals surface area contributed by atoms with E-state index in [1.165, 1.54) is 4.68 Å². The normalized spacial score (nSPS) is 17.7. The molecule has 1 aliphatic rings. The molecule has 0 N–H and O–H groups in total. The van der Waals surface area contributed by atoms with Crippen LogP contribution in [0.5, 0.6) is 0 Å². The number of hydrogen-bond donors (Lipinski definition) is 0. The molecular weight excluding hydrogens is 639 g/mol. The zero-order chi connectivity index (χ0) is 33.0. The molecule has 0 spiro atoms. The molecule has 0 bridgehead atoms. The van der Waals surface area contributed by atoms with Gasteiger partial charge in [0.2, 0.25) is 0 Å². The Hall–Kier alpha value is -3.85. The number of hydrogen-bond acceptors (Lipinski definition) is 4. The second kappa shape index (κ2) is 11.2. The van der Waals surface area contributed by atoms with Gasteiger partial charge in [0, 0.05) is 24.4 Å². The average molecular weight is 663 g/mol. The maximum absolute atomic E-state index is 14.4. The molecule has 0 amide bonds. The van der Waals surface area contributed by atoms with Crippen molar-refractivity contribution in [3.63, 3.8) is 0 Å². The van der Waals surface area contributed by atoms with Crippen LogP contribution in [-0.4, -0.2) is 30.6 Å². The van der Waals surface area contributed by atoms with Crippen LogP contribution in [0.3, 0.4) is 0 Å². The molecule has 1 aliphatic carbocycles. The molecule has 4 aromatic rings. The summed E-state index contributed by atoms with van der Waals surface area (Å²) >= 11 is 0. The summed E-state index contributed by atoms with van der Waals surface area (Å²) in [5, 5.41) is 4.29. The summed E-state index contributed by atoms with van der Waals surface area (Å²) in [5.74, 6) is -3.55. The zero-order valence-corrected chi connectivity index (χ0v) is 24.0. The molecule has 3 aromatic carbocycles. The second-order valence-electron chi connectivity index (χ2n) is 10.6. The highest BCUT2D eigenvalue weighted by atomic mass is 32.2. The number of aryl methyl sites for hydroxylation is 2. The Morgan fingerprint density at radius 2 is 1.44 bits per heavy atom. The van der Waals surface area contributed by atoms with Crippen LogP contribution < -0.4 is 0 Å². The Bertz CT molecular complexity index is 1780. The molecule has 5 nitrogen and oxygen atoms in total. The van der Waals surface area contributed by atoms with Gasteiger partial charge in [-0.2, -0.15) is 31.4 Å². The van der Waals surface area contributed by atoms with Crippen LogP contribution in [-0.2, 0) is 51.4 Å². The lowest BCUT2D eigenvalue weighted by Crippen LogP contribution is -2.56. The molecule has 240 valence electrons. The van der Waals surface area contributed by atoms with E-state index in [1.54, 1.807) is 13.2 Å². The van der Waals surface area contributed by atoms with Gasteiger partial charge >= 0.3 is 12.4 Å². The van der Waals surface area contributed by atoms with Crippen molar-refractivity contribution in [1.29, 1.82) is 0 Å². The van der Waals surface area contributed by atoms with Crippen molar-refractivity contribution in [2.45, 2.75) is 53.5 Å². The van der Waals surface area contributed by atoms with Crippen molar-refractivity contribution >= 4 is 9.84 Å². The number of aromatic nitrogens is 2. The minimum Gasteiger partial charge on any atom is -0.349 e. The first kappa shape index (κ1) is 32.5. The Morgan fingerprint density at radius 1 is 0.867 bits per heavy atom. The molecule has 0 fully saturated rings. The number of benzene rings is 3. The van der Waals surface area contributed by atoms with E-state index < -0.39 is 67.7 Å². The number of rotatable bonds is 7. The van der Waals surface area contributed by atoms with Crippen LogP contribution in [0.2, 0.25) is 0 Å². The standard InChI is InChI=1S/C30H23F9N2O3S/c1-41-16-18-15-27(14-13-26(18)40-41,45(42,43)22-11-9-21(31)10-12-22)19-5-7-20(8-6-19)28(29(34,35)36,30(37,38)39)44-17-23-24(32)3-2-4-25(23)33/h2-12,16H,13-15,17H2,1H3. The first-order valence-electron chi connectivity index (χ1n) is 13.3. The first-order valence-corrected chi connectivity index (χ1v) is 14.7. The van der Waals surface area contributed by atoms with Crippen LogP contribution in [0, 0.1) is 17.5 Å². The fourth-order valence-electron chi connectivity index (χ4n) is 5.72. The van der Waals surface area contributed by atoms with E-state index in [9.17, 15) is 47.9 Å². The lowest BCUT2D eigenvalue weighted by Gasteiger charge is -2.39. The highest BCUT2D eigenvalue weighted by molar-refractivity contribution is 7.92. The largest absolute Gasteiger partial charge is 0.430 e. The van der Waals surface area contributed by atoms with E-state index in [1.807, 2.05) is 0 Å². The summed E-state index contributed by atoms with van der Waals surface area (Å²) in [6.07, 6.45) is -11.1. The van der Waals surface area contributed by atoms with Gasteiger partial charge in [-0.3, -0.25) is 4.68 Å². The van der Waals surface area contributed by atoms with Gasteiger partial charge in [-0.05, 0) is 66.8 Å². The van der Waals surface area contributed by atoms with E-state index >= 15 is 0 Å². The molecule has 1 unspecified atom stereocenters. The second-order valence-corrected chi connectivity index (χ2v) is 12.9. The van der Waals surface area contributed by atoms with Crippen molar-refractivity contribution in [1.82, 2.24) is 9.78 Å². The van der Waals surface area contributed by atoms with Crippen LogP contribution in [0.1, 0.15) is 34.4 Å². The molecule has 0 radical (unpaired) electrons. The lowest BCUT2D eigenvalue weighted by atomic mass is 9.81. The SMILES string of the molecule is Cn1cc2c(n1)CCC(c1ccc(C(OCc3c(F)cccc3F)(C(F)(F)F)C(F)(F)F)cc1)(S(=O)(=O)c1ccc(F)cc1)C2. The van der Waals surface area contributed by atoms with Crippen molar-refractivity contribution in [2.24, 2.45) is 7.05 Å². The number of ether oxygens (including phenoxy) is 1. The van der Waals surface area contributed by atoms with E-state index in [-0.39, 0.29) is 29.7 Å². The minimum atomic E-state index is -6.18. The summed E-state index contributed by atoms with van der Waals surface area (Å²) in [4.78, 5) is -0.310. The topological polar surface area (TPSA) is 61.2 Å². The zero-order valence-electron chi connectivity index (χ0n) is 23.2. The third-order valence-corrected chi connectivity index (χ3v) is 10.5. The smallest absolute Gasteiger partial charge is 0.349 e. The molecule has 1 aromatic heterocycles. The molecule has 15 heteroatoms. The minimum absolute atomic E-state index is 0.102. The summed E-state index contributed by atoms with van der Waals surface area (Å²) in [5.41, 5.74) is -6.75. The van der Waals surface area contributed by atoms with Gasteiger partial charge in [-0.1, -0.05) is 30.3 Å². The predicted octanol–water partition coefficient (Wildman–Crippen LogP) is 7.23. The molecule has 0 saturated carbocycles. The third-order valence-electron chi connectivity index (χ3n) is 7.98. The van der Waals surface area contributed by atoms with E-state index in [4.69, 9.17) is 0 Å². The Labute approximate surface area is 251 Å². The molecule has 1 atom stereocenters. The number of sulfone groups is 1. The Kier molecular flexibility index (Phi) is 8.09. The van der Waals surface area contributed by atoms with Crippen molar-refractivity contribution in [3.8, 4) is 0 Å². The molecule has 0 aliphatic heterocycles. The number of fused-ring (bicyclic) bond motifs is 1. The van der Waals surface area contributed by atoms with Crippen LogP contribution >= 0.6 is 0 Å². The fourth-order valence-corrected chi connectivity index (χ4v) is 7.83. The van der Waals surface area contributed by atoms with Gasteiger partial charge in [-0.15, -0.1) is 0 Å². The van der Waals surface area contributed by atoms with Gasteiger partial charge in [0.1, 0.15) is 22.2 Å². The van der Waals surface area contributed by atoms with E-state index in [0.717, 1.165) is 42.5 Å². The van der Waals surface area contributed by atoms with Crippen molar-refractivity contribution in [2.75, 3.05) is 0 Å². The van der Waals surface area contributed by atoms with Crippen molar-refractivity contribution in [3.05, 3.63) is 118 Å². The predicted molar refractivity (Wildman–Crippen MR) is 142 cm³/mol. The van der Waals surface area contributed by atoms with E-state index in [0.29, 0.717) is 35.5 Å². The monoisotopic (exact) mass is 662 g/mol. The summed E-state index contributed by atoms with van der Waals surface area (Å²) in [6.45, 7) is -1.73. The van der Waals surface area contributed by atoms with Crippen LogP contribution in [0.4, 0.5) is 39.5 Å². The van der Waals surface area contributed by atoms with Gasteiger partial charge in [0.05, 0.1) is 17.2 Å². The Balaban J connectivity index is 1.65. The maximum atomic E-state index is 14.4. The van der Waals surface area contributed by atoms with Crippen molar-refractivity contribution < 1.29 is 52.7 Å².